The number of hydrogen-bond acceptors (Lipinski definition) is 4. The van der Waals surface area contributed by atoms with Gasteiger partial charge in [-0.1, -0.05) is 11.8 Å². The van der Waals surface area contributed by atoms with Gasteiger partial charge in [-0.15, -0.1) is 0 Å². The Kier molecular flexibility index (Phi) is 4.29. The first-order valence-electron chi connectivity index (χ1n) is 5.48. The van der Waals surface area contributed by atoms with Crippen molar-refractivity contribution < 1.29 is 22.3 Å². The highest BCUT2D eigenvalue weighted by Gasteiger charge is 2.26. The van der Waals surface area contributed by atoms with Crippen LogP contribution in [-0.2, 0) is 9.84 Å². The highest BCUT2D eigenvalue weighted by Crippen LogP contribution is 2.30. The number of alkyl halides is 2. The monoisotopic (exact) mass is 316 g/mol. The maximum Gasteiger partial charge on any atom is 0.341 e. The minimum Gasteiger partial charge on any atom is -0.508 e. The third-order valence-electron chi connectivity index (χ3n) is 2.46. The summed E-state index contributed by atoms with van der Waals surface area (Å²) in [7, 11) is -4.55. The lowest BCUT2D eigenvalue weighted by Gasteiger charge is -2.05. The Labute approximate surface area is 119 Å². The van der Waals surface area contributed by atoms with E-state index < -0.39 is 20.5 Å². The number of phenols is 1. The Morgan fingerprint density at radius 2 is 1.35 bits per heavy atom. The van der Waals surface area contributed by atoms with Gasteiger partial charge < -0.3 is 5.11 Å². The molecule has 0 aliphatic rings. The van der Waals surface area contributed by atoms with Crippen LogP contribution in [0.5, 0.6) is 5.75 Å². The molecule has 0 amide bonds. The van der Waals surface area contributed by atoms with Gasteiger partial charge in [0.15, 0.2) is 0 Å². The Balaban J connectivity index is 2.19. The molecule has 0 aromatic heterocycles. The van der Waals surface area contributed by atoms with E-state index in [0.29, 0.717) is 4.90 Å². The molecular weight excluding hydrogens is 306 g/mol. The summed E-state index contributed by atoms with van der Waals surface area (Å²) in [5, 5.41) is 9.15. The van der Waals surface area contributed by atoms with Crippen LogP contribution >= 0.6 is 11.8 Å². The topological polar surface area (TPSA) is 54.4 Å². The van der Waals surface area contributed by atoms with E-state index in [2.05, 4.69) is 0 Å². The highest BCUT2D eigenvalue weighted by molar-refractivity contribution is 7.99. The van der Waals surface area contributed by atoms with Gasteiger partial charge in [-0.3, -0.25) is 0 Å². The number of hydrogen-bond donors (Lipinski definition) is 1. The van der Waals surface area contributed by atoms with E-state index in [-0.39, 0.29) is 5.75 Å². The lowest BCUT2D eigenvalue weighted by atomic mass is 10.3. The molecule has 0 saturated heterocycles. The molecule has 0 fully saturated rings. The minimum absolute atomic E-state index is 0.146. The van der Waals surface area contributed by atoms with E-state index in [1.807, 2.05) is 0 Å². The van der Waals surface area contributed by atoms with E-state index in [1.54, 1.807) is 12.1 Å². The van der Waals surface area contributed by atoms with Crippen molar-refractivity contribution in [1.82, 2.24) is 0 Å². The summed E-state index contributed by atoms with van der Waals surface area (Å²) in [6.45, 7) is 0. The van der Waals surface area contributed by atoms with Crippen LogP contribution in [-0.4, -0.2) is 19.3 Å². The van der Waals surface area contributed by atoms with Crippen molar-refractivity contribution in [2.45, 2.75) is 20.4 Å². The van der Waals surface area contributed by atoms with Crippen LogP contribution in [0.15, 0.2) is 63.2 Å². The largest absolute Gasteiger partial charge is 0.508 e. The number of rotatable bonds is 4. The molecule has 3 nitrogen and oxygen atoms in total. The third-order valence-corrected chi connectivity index (χ3v) is 4.87. The summed E-state index contributed by atoms with van der Waals surface area (Å²) in [5.41, 5.74) is 0. The number of sulfone groups is 1. The van der Waals surface area contributed by atoms with Crippen molar-refractivity contribution in [2.24, 2.45) is 0 Å². The molecule has 0 radical (unpaired) electrons. The molecule has 1 N–H and O–H groups in total. The standard InChI is InChI=1S/C13H10F2O3S2/c14-13(15)20(17,18)12-7-5-11(6-8-12)19-10-3-1-9(16)2-4-10/h1-8,13,16H. The van der Waals surface area contributed by atoms with Crippen LogP contribution in [0.4, 0.5) is 8.78 Å². The van der Waals surface area contributed by atoms with Crippen LogP contribution in [0, 0.1) is 0 Å². The van der Waals surface area contributed by atoms with Gasteiger partial charge in [-0.25, -0.2) is 8.42 Å². The lowest BCUT2D eigenvalue weighted by molar-refractivity contribution is 0.234. The molecule has 0 heterocycles. The van der Waals surface area contributed by atoms with Gasteiger partial charge in [0.2, 0.25) is 9.84 Å². The summed E-state index contributed by atoms with van der Waals surface area (Å²) >= 11 is 1.33. The van der Waals surface area contributed by atoms with E-state index >= 15 is 0 Å². The average Bonchev–Trinajstić information content (AvgIpc) is 2.42. The van der Waals surface area contributed by atoms with Gasteiger partial charge in [0.05, 0.1) is 4.90 Å². The maximum atomic E-state index is 12.4. The molecule has 0 bridgehead atoms. The first-order valence-corrected chi connectivity index (χ1v) is 7.85. The Morgan fingerprint density at radius 1 is 0.900 bits per heavy atom. The summed E-state index contributed by atoms with van der Waals surface area (Å²) in [5.74, 6) is -3.27. The number of benzene rings is 2. The van der Waals surface area contributed by atoms with Crippen molar-refractivity contribution in [3.05, 3.63) is 48.5 Å². The normalized spacial score (nSPS) is 11.8. The predicted molar refractivity (Wildman–Crippen MR) is 71.9 cm³/mol. The Morgan fingerprint density at radius 3 is 1.80 bits per heavy atom. The second kappa shape index (κ2) is 5.80. The highest BCUT2D eigenvalue weighted by atomic mass is 32.2. The van der Waals surface area contributed by atoms with Gasteiger partial charge in [0.1, 0.15) is 5.75 Å². The van der Waals surface area contributed by atoms with Crippen molar-refractivity contribution >= 4 is 21.6 Å². The SMILES string of the molecule is O=S(=O)(c1ccc(Sc2ccc(O)cc2)cc1)C(F)F. The van der Waals surface area contributed by atoms with Crippen LogP contribution in [0.3, 0.4) is 0 Å². The molecule has 2 aromatic carbocycles. The van der Waals surface area contributed by atoms with Crippen molar-refractivity contribution in [2.75, 3.05) is 0 Å². The number of aromatic hydroxyl groups is 1. The summed E-state index contributed by atoms with van der Waals surface area (Å²) in [6, 6.07) is 11.7. The molecule has 0 atom stereocenters. The summed E-state index contributed by atoms with van der Waals surface area (Å²) < 4.78 is 47.2. The van der Waals surface area contributed by atoms with E-state index in [4.69, 9.17) is 5.11 Å². The fourth-order valence-corrected chi connectivity index (χ4v) is 2.99. The fourth-order valence-electron chi connectivity index (χ4n) is 1.45. The molecule has 0 spiro atoms. The molecule has 0 aliphatic heterocycles. The van der Waals surface area contributed by atoms with Crippen LogP contribution < -0.4 is 0 Å². The van der Waals surface area contributed by atoms with Crippen LogP contribution in [0.1, 0.15) is 0 Å². The first-order chi connectivity index (χ1) is 9.39. The molecule has 106 valence electrons. The van der Waals surface area contributed by atoms with Gasteiger partial charge in [0, 0.05) is 9.79 Å². The quantitative estimate of drug-likeness (QED) is 0.937. The van der Waals surface area contributed by atoms with Crippen molar-refractivity contribution in [3.63, 3.8) is 0 Å². The maximum absolute atomic E-state index is 12.4. The number of halogens is 2. The zero-order chi connectivity index (χ0) is 14.8. The van der Waals surface area contributed by atoms with Gasteiger partial charge >= 0.3 is 5.76 Å². The minimum atomic E-state index is -4.55. The zero-order valence-electron chi connectivity index (χ0n) is 10.0. The summed E-state index contributed by atoms with van der Waals surface area (Å²) in [6.07, 6.45) is 0. The van der Waals surface area contributed by atoms with Crippen molar-refractivity contribution in [1.29, 1.82) is 0 Å². The number of phenolic OH excluding ortho intramolecular Hbond substituents is 1. The van der Waals surface area contributed by atoms with Gasteiger partial charge in [-0.2, -0.15) is 8.78 Å². The fraction of sp³-hybridized carbons (Fsp3) is 0.0769. The molecule has 7 heteroatoms. The van der Waals surface area contributed by atoms with E-state index in [1.165, 1.54) is 36.0 Å². The molecular formula is C13H10F2O3S2. The van der Waals surface area contributed by atoms with Crippen molar-refractivity contribution in [3.8, 4) is 5.75 Å². The molecule has 2 rings (SSSR count). The van der Waals surface area contributed by atoms with Gasteiger partial charge in [-0.05, 0) is 48.5 Å². The van der Waals surface area contributed by atoms with Crippen LogP contribution in [0.25, 0.3) is 0 Å². The first kappa shape index (κ1) is 14.8. The zero-order valence-corrected chi connectivity index (χ0v) is 11.7. The Hall–Kier alpha value is -1.60. The lowest BCUT2D eigenvalue weighted by Crippen LogP contribution is -2.10. The second-order valence-electron chi connectivity index (χ2n) is 3.87. The molecule has 0 aliphatic carbocycles. The van der Waals surface area contributed by atoms with E-state index in [0.717, 1.165) is 17.0 Å². The third kappa shape index (κ3) is 3.29. The molecule has 0 unspecified atom stereocenters. The van der Waals surface area contributed by atoms with Crippen LogP contribution in [0.2, 0.25) is 0 Å². The molecule has 20 heavy (non-hydrogen) atoms. The Bertz CT molecular complexity index is 681. The average molecular weight is 316 g/mol. The predicted octanol–water partition coefficient (Wildman–Crippen LogP) is 3.54. The van der Waals surface area contributed by atoms with Gasteiger partial charge in [0.25, 0.3) is 0 Å². The molecule has 0 saturated carbocycles. The second-order valence-corrected chi connectivity index (χ2v) is 6.94. The summed E-state index contributed by atoms with van der Waals surface area (Å²) in [4.78, 5) is 1.15. The van der Waals surface area contributed by atoms with E-state index in [9.17, 15) is 17.2 Å². The molecule has 2 aromatic rings. The smallest absolute Gasteiger partial charge is 0.341 e.